The maximum absolute atomic E-state index is 12.9. The van der Waals surface area contributed by atoms with E-state index in [0.717, 1.165) is 47.5 Å². The summed E-state index contributed by atoms with van der Waals surface area (Å²) >= 11 is 1.21. The van der Waals surface area contributed by atoms with Crippen LogP contribution in [-0.4, -0.2) is 30.2 Å². The third-order valence-corrected chi connectivity index (χ3v) is 8.04. The van der Waals surface area contributed by atoms with Crippen LogP contribution in [0.1, 0.15) is 35.4 Å². The molecule has 0 saturated heterocycles. The largest absolute Gasteiger partial charge is 0.416 e. The van der Waals surface area contributed by atoms with E-state index >= 15 is 0 Å². The summed E-state index contributed by atoms with van der Waals surface area (Å²) in [5, 5.41) is 3.22. The minimum atomic E-state index is -4.62. The molecule has 1 amide bonds. The maximum atomic E-state index is 12.9. The van der Waals surface area contributed by atoms with Crippen molar-refractivity contribution >= 4 is 32.4 Å². The van der Waals surface area contributed by atoms with Gasteiger partial charge in [-0.3, -0.25) is 4.79 Å². The Morgan fingerprint density at radius 2 is 2.03 bits per heavy atom. The fraction of sp³-hybridized carbons (Fsp3) is 0.444. The van der Waals surface area contributed by atoms with E-state index < -0.39 is 26.7 Å². The standard InChI is InChI=1S/C18H18F3N3O3S2/c19-18(20,21)12-5-2-6-13(9-12)29(26,27)24-8-7-14-15(10-24)28-17(22-14)23-16(25)11-3-1-4-11/h2,5-6,9,11H,1,3-4,7-8,10H2,(H,22,23,25). The molecule has 0 radical (unpaired) electrons. The summed E-state index contributed by atoms with van der Waals surface area (Å²) in [5.41, 5.74) is -0.288. The van der Waals surface area contributed by atoms with Crippen molar-refractivity contribution in [2.45, 2.75) is 43.3 Å². The third kappa shape index (κ3) is 4.03. The Kier molecular flexibility index (Phi) is 5.16. The van der Waals surface area contributed by atoms with Crippen LogP contribution >= 0.6 is 11.3 Å². The van der Waals surface area contributed by atoms with Crippen LogP contribution in [0.2, 0.25) is 0 Å². The van der Waals surface area contributed by atoms with Crippen LogP contribution in [0, 0.1) is 5.92 Å². The van der Waals surface area contributed by atoms with E-state index in [1.165, 1.54) is 11.3 Å². The Hall–Kier alpha value is -1.98. The molecule has 1 aromatic heterocycles. The normalized spacial score (nSPS) is 18.2. The van der Waals surface area contributed by atoms with Crippen molar-refractivity contribution < 1.29 is 26.4 Å². The number of aromatic nitrogens is 1. The van der Waals surface area contributed by atoms with E-state index in [9.17, 15) is 26.4 Å². The zero-order valence-electron chi connectivity index (χ0n) is 15.2. The lowest BCUT2D eigenvalue weighted by Crippen LogP contribution is -2.35. The zero-order valence-corrected chi connectivity index (χ0v) is 16.8. The molecule has 1 fully saturated rings. The van der Waals surface area contributed by atoms with E-state index in [4.69, 9.17) is 0 Å². The molecule has 6 nitrogen and oxygen atoms in total. The summed E-state index contributed by atoms with van der Waals surface area (Å²) in [4.78, 5) is 16.8. The van der Waals surface area contributed by atoms with Gasteiger partial charge in [0.15, 0.2) is 5.13 Å². The molecule has 1 N–H and O–H groups in total. The van der Waals surface area contributed by atoms with Crippen molar-refractivity contribution in [3.63, 3.8) is 0 Å². The first-order valence-electron chi connectivity index (χ1n) is 9.11. The van der Waals surface area contributed by atoms with Gasteiger partial charge in [0.05, 0.1) is 22.7 Å². The van der Waals surface area contributed by atoms with E-state index in [0.29, 0.717) is 22.5 Å². The number of anilines is 1. The van der Waals surface area contributed by atoms with Gasteiger partial charge in [-0.25, -0.2) is 13.4 Å². The monoisotopic (exact) mass is 445 g/mol. The highest BCUT2D eigenvalue weighted by Crippen LogP contribution is 2.34. The van der Waals surface area contributed by atoms with Crippen LogP contribution in [0.25, 0.3) is 0 Å². The molecule has 0 atom stereocenters. The number of fused-ring (bicyclic) bond motifs is 1. The van der Waals surface area contributed by atoms with Crippen molar-refractivity contribution in [2.75, 3.05) is 11.9 Å². The Morgan fingerprint density at radius 1 is 1.28 bits per heavy atom. The average Bonchev–Trinajstić information content (AvgIpc) is 3.00. The summed E-state index contributed by atoms with van der Waals surface area (Å²) in [7, 11) is -4.08. The number of carbonyl (C=O) groups excluding carboxylic acids is 1. The van der Waals surface area contributed by atoms with E-state index in [1.54, 1.807) is 0 Å². The number of amides is 1. The van der Waals surface area contributed by atoms with Gasteiger partial charge in [0.25, 0.3) is 0 Å². The van der Waals surface area contributed by atoms with Gasteiger partial charge >= 0.3 is 6.18 Å². The maximum Gasteiger partial charge on any atom is 0.416 e. The van der Waals surface area contributed by atoms with Crippen LogP contribution in [-0.2, 0) is 34.0 Å². The molecule has 1 aliphatic carbocycles. The second kappa shape index (κ2) is 7.37. The smallest absolute Gasteiger partial charge is 0.302 e. The van der Waals surface area contributed by atoms with Crippen LogP contribution < -0.4 is 5.32 Å². The van der Waals surface area contributed by atoms with Crippen molar-refractivity contribution in [3.8, 4) is 0 Å². The first-order valence-corrected chi connectivity index (χ1v) is 11.4. The molecular weight excluding hydrogens is 427 g/mol. The van der Waals surface area contributed by atoms with Crippen molar-refractivity contribution in [2.24, 2.45) is 5.92 Å². The molecule has 1 saturated carbocycles. The molecule has 1 aliphatic heterocycles. The fourth-order valence-corrected chi connectivity index (χ4v) is 5.85. The number of benzene rings is 1. The van der Waals surface area contributed by atoms with E-state index in [1.807, 2.05) is 0 Å². The minimum absolute atomic E-state index is 0.00807. The topological polar surface area (TPSA) is 79.4 Å². The number of carbonyl (C=O) groups is 1. The lowest BCUT2D eigenvalue weighted by molar-refractivity contribution is -0.137. The molecule has 156 valence electrons. The summed E-state index contributed by atoms with van der Waals surface area (Å²) in [5.74, 6) is -0.0653. The molecule has 2 aromatic rings. The van der Waals surface area contributed by atoms with Gasteiger partial charge < -0.3 is 5.32 Å². The van der Waals surface area contributed by atoms with Gasteiger partial charge in [-0.05, 0) is 31.0 Å². The SMILES string of the molecule is O=C(Nc1nc2c(s1)CN(S(=O)(=O)c1cccc(C(F)(F)F)c1)CC2)C1CCC1. The number of sulfonamides is 1. The number of hydrogen-bond donors (Lipinski definition) is 1. The van der Waals surface area contributed by atoms with Gasteiger partial charge in [-0.2, -0.15) is 17.5 Å². The number of alkyl halides is 3. The minimum Gasteiger partial charge on any atom is -0.302 e. The molecule has 4 rings (SSSR count). The second-order valence-corrected chi connectivity index (χ2v) is 10.1. The zero-order chi connectivity index (χ0) is 20.8. The fourth-order valence-electron chi connectivity index (χ4n) is 3.29. The Balaban J connectivity index is 1.52. The van der Waals surface area contributed by atoms with E-state index in [-0.39, 0.29) is 24.9 Å². The van der Waals surface area contributed by atoms with Crippen molar-refractivity contribution in [1.29, 1.82) is 0 Å². The second-order valence-electron chi connectivity index (χ2n) is 7.12. The molecular formula is C18H18F3N3O3S2. The lowest BCUT2D eigenvalue weighted by atomic mass is 9.85. The van der Waals surface area contributed by atoms with Gasteiger partial charge in [-0.15, -0.1) is 11.3 Å². The number of halogens is 3. The van der Waals surface area contributed by atoms with Gasteiger partial charge in [0.1, 0.15) is 0 Å². The molecule has 0 spiro atoms. The molecule has 29 heavy (non-hydrogen) atoms. The highest BCUT2D eigenvalue weighted by atomic mass is 32.2. The van der Waals surface area contributed by atoms with Gasteiger partial charge in [-0.1, -0.05) is 12.5 Å². The summed E-state index contributed by atoms with van der Waals surface area (Å²) < 4.78 is 65.7. The Labute approximate surface area is 169 Å². The summed E-state index contributed by atoms with van der Waals surface area (Å²) in [6.45, 7) is 0.135. The molecule has 0 unspecified atom stereocenters. The molecule has 2 aliphatic rings. The highest BCUT2D eigenvalue weighted by molar-refractivity contribution is 7.89. The molecule has 1 aromatic carbocycles. The van der Waals surface area contributed by atoms with Crippen LogP contribution in [0.15, 0.2) is 29.2 Å². The highest BCUT2D eigenvalue weighted by Gasteiger charge is 2.35. The van der Waals surface area contributed by atoms with Crippen LogP contribution in [0.4, 0.5) is 18.3 Å². The van der Waals surface area contributed by atoms with Gasteiger partial charge in [0, 0.05) is 23.8 Å². The predicted molar refractivity (Wildman–Crippen MR) is 101 cm³/mol. The Morgan fingerprint density at radius 3 is 2.69 bits per heavy atom. The van der Waals surface area contributed by atoms with Gasteiger partial charge in [0.2, 0.25) is 15.9 Å². The number of rotatable bonds is 4. The van der Waals surface area contributed by atoms with Crippen molar-refractivity contribution in [3.05, 3.63) is 40.4 Å². The number of hydrogen-bond acceptors (Lipinski definition) is 5. The summed E-state index contributed by atoms with van der Waals surface area (Å²) in [6, 6.07) is 3.75. The number of thiazole rings is 1. The molecule has 11 heteroatoms. The summed E-state index contributed by atoms with van der Waals surface area (Å²) in [6.07, 6.45) is -1.52. The number of nitrogens with zero attached hydrogens (tertiary/aromatic N) is 2. The average molecular weight is 445 g/mol. The number of nitrogens with one attached hydrogen (secondary N) is 1. The molecule has 2 heterocycles. The molecule has 0 bridgehead atoms. The quantitative estimate of drug-likeness (QED) is 0.779. The first-order chi connectivity index (χ1) is 13.6. The first kappa shape index (κ1) is 20.3. The van der Waals surface area contributed by atoms with Crippen LogP contribution in [0.5, 0.6) is 0 Å². The van der Waals surface area contributed by atoms with Crippen LogP contribution in [0.3, 0.4) is 0 Å². The lowest BCUT2D eigenvalue weighted by Gasteiger charge is -2.25. The predicted octanol–water partition coefficient (Wildman–Crippen LogP) is 3.65. The third-order valence-electron chi connectivity index (χ3n) is 5.20. The van der Waals surface area contributed by atoms with Crippen molar-refractivity contribution in [1.82, 2.24) is 9.29 Å². The Bertz CT molecular complexity index is 1050. The van der Waals surface area contributed by atoms with E-state index in [2.05, 4.69) is 10.3 Å².